The summed E-state index contributed by atoms with van der Waals surface area (Å²) in [5.41, 5.74) is 2.23. The number of fused-ring (bicyclic) bond motifs is 1. The predicted octanol–water partition coefficient (Wildman–Crippen LogP) is 1.22. The maximum atomic E-state index is 5.27. The van der Waals surface area contributed by atoms with Crippen molar-refractivity contribution in [2.45, 2.75) is 20.3 Å². The molecule has 0 radical (unpaired) electrons. The van der Waals surface area contributed by atoms with Gasteiger partial charge in [-0.2, -0.15) is 0 Å². The molecule has 1 aliphatic carbocycles. The average Bonchev–Trinajstić information content (AvgIpc) is 2.46. The van der Waals surface area contributed by atoms with E-state index in [4.69, 9.17) is 4.42 Å². The summed E-state index contributed by atoms with van der Waals surface area (Å²) >= 11 is 0. The van der Waals surface area contributed by atoms with Gasteiger partial charge in [0.15, 0.2) is 11.8 Å². The van der Waals surface area contributed by atoms with Gasteiger partial charge < -0.3 is 4.42 Å². The fourth-order valence-corrected chi connectivity index (χ4v) is 1.57. The zero-order valence-corrected chi connectivity index (χ0v) is 7.95. The smallest absolute Gasteiger partial charge is 0.181 e. The number of hydrogen-bond donors (Lipinski definition) is 0. The van der Waals surface area contributed by atoms with Gasteiger partial charge in [-0.1, -0.05) is 19.9 Å². The van der Waals surface area contributed by atoms with E-state index in [1.54, 1.807) is 0 Å². The summed E-state index contributed by atoms with van der Waals surface area (Å²) < 4.78 is 5.27. The van der Waals surface area contributed by atoms with Crippen molar-refractivity contribution in [1.82, 2.24) is 4.98 Å². The molecule has 0 bridgehead atoms. The molecule has 0 fully saturated rings. The Bertz CT molecular complexity index is 439. The monoisotopic (exact) mass is 175 g/mol. The van der Waals surface area contributed by atoms with E-state index in [9.17, 15) is 0 Å². The number of oxazole rings is 1. The van der Waals surface area contributed by atoms with Crippen molar-refractivity contribution in [1.29, 1.82) is 0 Å². The quantitative estimate of drug-likeness (QED) is 0.641. The molecule has 1 atom stereocenters. The molecule has 2 rings (SSSR count). The molecular formula is C11H13NO. The molecule has 2 heteroatoms. The van der Waals surface area contributed by atoms with Crippen LogP contribution in [0, 0.1) is 5.92 Å². The minimum atomic E-state index is 0.431. The summed E-state index contributed by atoms with van der Waals surface area (Å²) in [6.45, 7) is 4.31. The molecule has 1 unspecified atom stereocenters. The second-order valence-corrected chi connectivity index (χ2v) is 3.37. The van der Waals surface area contributed by atoms with Crippen LogP contribution >= 0.6 is 0 Å². The summed E-state index contributed by atoms with van der Waals surface area (Å²) in [6.07, 6.45) is 8.99. The summed E-state index contributed by atoms with van der Waals surface area (Å²) in [6, 6.07) is 0. The molecular weight excluding hydrogens is 162 g/mol. The molecule has 0 N–H and O–H groups in total. The Kier molecular flexibility index (Phi) is 2.05. The highest BCUT2D eigenvalue weighted by molar-refractivity contribution is 5.49. The van der Waals surface area contributed by atoms with Crippen molar-refractivity contribution in [2.75, 3.05) is 0 Å². The third-order valence-corrected chi connectivity index (χ3v) is 2.25. The Morgan fingerprint density at radius 2 is 2.31 bits per heavy atom. The number of hydrogen-bond acceptors (Lipinski definition) is 2. The van der Waals surface area contributed by atoms with Crippen LogP contribution in [0.25, 0.3) is 12.2 Å². The molecule has 1 aliphatic rings. The lowest BCUT2D eigenvalue weighted by molar-refractivity contribution is 0.522. The minimum Gasteiger partial charge on any atom is -0.444 e. The molecule has 1 aromatic heterocycles. The van der Waals surface area contributed by atoms with E-state index in [2.05, 4.69) is 37.1 Å². The fourth-order valence-electron chi connectivity index (χ4n) is 1.57. The molecule has 68 valence electrons. The summed E-state index contributed by atoms with van der Waals surface area (Å²) in [7, 11) is 0. The number of aromatic nitrogens is 1. The Hall–Kier alpha value is -1.31. The van der Waals surface area contributed by atoms with Crippen molar-refractivity contribution >= 4 is 12.2 Å². The van der Waals surface area contributed by atoms with Crippen LogP contribution < -0.4 is 10.8 Å². The summed E-state index contributed by atoms with van der Waals surface area (Å²) in [5, 5.41) is 0.956. The SMILES string of the molecule is CCC1=CC(C)C=c2ocnc2=C1. The number of allylic oxidation sites excluding steroid dienone is 2. The van der Waals surface area contributed by atoms with E-state index >= 15 is 0 Å². The first kappa shape index (κ1) is 8.30. The van der Waals surface area contributed by atoms with Crippen molar-refractivity contribution in [3.8, 4) is 0 Å². The van der Waals surface area contributed by atoms with Gasteiger partial charge in [0, 0.05) is 0 Å². The van der Waals surface area contributed by atoms with E-state index in [1.807, 2.05) is 0 Å². The van der Waals surface area contributed by atoms with E-state index < -0.39 is 0 Å². The Morgan fingerprint density at radius 1 is 1.46 bits per heavy atom. The average molecular weight is 175 g/mol. The maximum absolute atomic E-state index is 5.27. The van der Waals surface area contributed by atoms with Gasteiger partial charge in [-0.3, -0.25) is 0 Å². The first-order chi connectivity index (χ1) is 6.29. The topological polar surface area (TPSA) is 26.0 Å². The molecule has 0 aliphatic heterocycles. The van der Waals surface area contributed by atoms with Gasteiger partial charge in [0.2, 0.25) is 0 Å². The molecule has 13 heavy (non-hydrogen) atoms. The van der Waals surface area contributed by atoms with Gasteiger partial charge in [0.25, 0.3) is 0 Å². The number of nitrogens with zero attached hydrogens (tertiary/aromatic N) is 1. The van der Waals surface area contributed by atoms with Crippen LogP contribution in [-0.4, -0.2) is 4.98 Å². The van der Waals surface area contributed by atoms with Gasteiger partial charge in [0.05, 0.1) is 0 Å². The van der Waals surface area contributed by atoms with Crippen molar-refractivity contribution < 1.29 is 4.42 Å². The van der Waals surface area contributed by atoms with Crippen LogP contribution in [0.3, 0.4) is 0 Å². The third kappa shape index (κ3) is 1.57. The maximum Gasteiger partial charge on any atom is 0.181 e. The zero-order valence-electron chi connectivity index (χ0n) is 7.95. The predicted molar refractivity (Wildman–Crippen MR) is 52.2 cm³/mol. The van der Waals surface area contributed by atoms with Crippen LogP contribution in [0.2, 0.25) is 0 Å². The highest BCUT2D eigenvalue weighted by Crippen LogP contribution is 2.10. The van der Waals surface area contributed by atoms with E-state index in [-0.39, 0.29) is 0 Å². The summed E-state index contributed by atoms with van der Waals surface area (Å²) in [5.74, 6) is 0.431. The molecule has 1 heterocycles. The molecule has 1 aromatic rings. The lowest BCUT2D eigenvalue weighted by Crippen LogP contribution is -2.21. The Labute approximate surface area is 77.3 Å². The molecule has 0 saturated heterocycles. The molecule has 0 amide bonds. The molecule has 2 nitrogen and oxygen atoms in total. The zero-order chi connectivity index (χ0) is 9.26. The van der Waals surface area contributed by atoms with Crippen LogP contribution in [-0.2, 0) is 0 Å². The van der Waals surface area contributed by atoms with Crippen molar-refractivity contribution in [2.24, 2.45) is 5.92 Å². The lowest BCUT2D eigenvalue weighted by atomic mass is 10.1. The first-order valence-corrected chi connectivity index (χ1v) is 4.63. The van der Waals surface area contributed by atoms with Gasteiger partial charge >= 0.3 is 0 Å². The van der Waals surface area contributed by atoms with Crippen LogP contribution in [0.1, 0.15) is 20.3 Å². The Morgan fingerprint density at radius 3 is 3.08 bits per heavy atom. The largest absolute Gasteiger partial charge is 0.444 e. The molecule has 0 spiro atoms. The normalized spacial score (nSPS) is 20.8. The van der Waals surface area contributed by atoms with Crippen molar-refractivity contribution in [3.63, 3.8) is 0 Å². The fraction of sp³-hybridized carbons (Fsp3) is 0.364. The molecule has 0 aromatic carbocycles. The second kappa shape index (κ2) is 3.21. The van der Waals surface area contributed by atoms with Gasteiger partial charge in [-0.15, -0.1) is 0 Å². The van der Waals surface area contributed by atoms with Crippen LogP contribution in [0.4, 0.5) is 0 Å². The van der Waals surface area contributed by atoms with Crippen LogP contribution in [0.5, 0.6) is 0 Å². The lowest BCUT2D eigenvalue weighted by Gasteiger charge is -1.98. The first-order valence-electron chi connectivity index (χ1n) is 4.63. The Balaban J connectivity index is 2.64. The van der Waals surface area contributed by atoms with Gasteiger partial charge in [-0.05, 0) is 30.1 Å². The van der Waals surface area contributed by atoms with Gasteiger partial charge in [-0.25, -0.2) is 4.98 Å². The highest BCUT2D eigenvalue weighted by atomic mass is 16.3. The standard InChI is InChI=1S/C11H13NO/c1-3-9-4-8(2)5-11-10(6-9)12-7-13-11/h4-8H,3H2,1-2H3. The second-order valence-electron chi connectivity index (χ2n) is 3.37. The minimum absolute atomic E-state index is 0.431. The highest BCUT2D eigenvalue weighted by Gasteiger charge is 2.02. The number of rotatable bonds is 1. The van der Waals surface area contributed by atoms with E-state index in [0.29, 0.717) is 5.92 Å². The summed E-state index contributed by atoms with van der Waals surface area (Å²) in [4.78, 5) is 4.16. The van der Waals surface area contributed by atoms with Crippen LogP contribution in [0.15, 0.2) is 22.5 Å². The van der Waals surface area contributed by atoms with E-state index in [0.717, 1.165) is 17.2 Å². The third-order valence-electron chi connectivity index (χ3n) is 2.25. The van der Waals surface area contributed by atoms with Crippen molar-refractivity contribution in [3.05, 3.63) is 28.8 Å². The van der Waals surface area contributed by atoms with Gasteiger partial charge in [0.1, 0.15) is 5.35 Å². The molecule has 0 saturated carbocycles. The van der Waals surface area contributed by atoms with E-state index in [1.165, 1.54) is 12.0 Å².